The van der Waals surface area contributed by atoms with E-state index >= 15 is 0 Å². The molecular weight excluding hydrogens is 320 g/mol. The molecule has 1 aromatic heterocycles. The topological polar surface area (TPSA) is 82.2 Å². The number of fused-ring (bicyclic) bond motifs is 1. The van der Waals surface area contributed by atoms with Gasteiger partial charge in [0.2, 0.25) is 5.76 Å². The lowest BCUT2D eigenvalue weighted by Crippen LogP contribution is -2.11. The van der Waals surface area contributed by atoms with Crippen LogP contribution in [0.1, 0.15) is 10.6 Å². The zero-order valence-corrected chi connectivity index (χ0v) is 12.0. The number of amides is 1. The molecule has 4 N–H and O–H groups in total. The normalized spacial score (nSPS) is 10.8. The second-order valence-corrected chi connectivity index (χ2v) is 5.25. The first kappa shape index (κ1) is 12.7. The lowest BCUT2D eigenvalue weighted by molar-refractivity contribution is 0.0977. The van der Waals surface area contributed by atoms with Crippen molar-refractivity contribution in [1.82, 2.24) is 0 Å². The standard InChI is InChI=1S/C15H11BrN2O2/c16-11-4-2-1-3-9(11)8-5-6-10-12(7-8)20-14(13(10)17)15(18)19/h1-7H,17H2,(H2,18,19). The first-order valence-corrected chi connectivity index (χ1v) is 6.74. The van der Waals surface area contributed by atoms with Gasteiger partial charge < -0.3 is 15.9 Å². The Balaban J connectivity index is 2.21. The number of hydrogen-bond acceptors (Lipinski definition) is 3. The molecule has 3 rings (SSSR count). The number of benzene rings is 2. The van der Waals surface area contributed by atoms with Crippen LogP contribution >= 0.6 is 15.9 Å². The van der Waals surface area contributed by atoms with Gasteiger partial charge in [-0.15, -0.1) is 0 Å². The van der Waals surface area contributed by atoms with Crippen LogP contribution in [0.5, 0.6) is 0 Å². The zero-order chi connectivity index (χ0) is 14.3. The smallest absolute Gasteiger partial charge is 0.286 e. The Morgan fingerprint density at radius 1 is 1.15 bits per heavy atom. The maximum Gasteiger partial charge on any atom is 0.286 e. The molecule has 0 saturated heterocycles. The first-order chi connectivity index (χ1) is 9.58. The average Bonchev–Trinajstić information content (AvgIpc) is 2.76. The van der Waals surface area contributed by atoms with Crippen LogP contribution in [0.3, 0.4) is 0 Å². The van der Waals surface area contributed by atoms with Gasteiger partial charge in [-0.05, 0) is 29.3 Å². The third kappa shape index (κ3) is 1.96. The van der Waals surface area contributed by atoms with Crippen LogP contribution in [-0.2, 0) is 0 Å². The van der Waals surface area contributed by atoms with Crippen molar-refractivity contribution >= 4 is 38.5 Å². The highest BCUT2D eigenvalue weighted by Crippen LogP contribution is 2.34. The zero-order valence-electron chi connectivity index (χ0n) is 10.4. The van der Waals surface area contributed by atoms with Gasteiger partial charge in [-0.2, -0.15) is 0 Å². The number of hydrogen-bond donors (Lipinski definition) is 2. The predicted molar refractivity (Wildman–Crippen MR) is 82.3 cm³/mol. The Morgan fingerprint density at radius 2 is 1.90 bits per heavy atom. The molecule has 3 aromatic rings. The molecule has 2 aromatic carbocycles. The molecule has 0 unspecified atom stereocenters. The van der Waals surface area contributed by atoms with E-state index in [9.17, 15) is 4.79 Å². The molecule has 0 aliphatic carbocycles. The Labute approximate surface area is 123 Å². The molecule has 0 saturated carbocycles. The van der Waals surface area contributed by atoms with Crippen molar-refractivity contribution in [3.8, 4) is 11.1 Å². The molecule has 0 spiro atoms. The van der Waals surface area contributed by atoms with E-state index in [0.717, 1.165) is 15.6 Å². The second kappa shape index (κ2) is 4.68. The SMILES string of the molecule is NC(=O)c1oc2cc(-c3ccccc3Br)ccc2c1N. The van der Waals surface area contributed by atoms with E-state index in [0.29, 0.717) is 11.0 Å². The van der Waals surface area contributed by atoms with Gasteiger partial charge in [0.1, 0.15) is 5.58 Å². The second-order valence-electron chi connectivity index (χ2n) is 4.40. The highest BCUT2D eigenvalue weighted by Gasteiger charge is 2.16. The molecule has 0 fully saturated rings. The molecule has 1 amide bonds. The van der Waals surface area contributed by atoms with E-state index in [1.807, 2.05) is 42.5 Å². The Kier molecular flexibility index (Phi) is 2.99. The van der Waals surface area contributed by atoms with E-state index in [2.05, 4.69) is 15.9 Å². The molecule has 100 valence electrons. The van der Waals surface area contributed by atoms with Crippen molar-refractivity contribution < 1.29 is 9.21 Å². The number of primary amides is 1. The van der Waals surface area contributed by atoms with Crippen LogP contribution in [-0.4, -0.2) is 5.91 Å². The summed E-state index contributed by atoms with van der Waals surface area (Å²) in [6.07, 6.45) is 0. The molecule has 5 heteroatoms. The van der Waals surface area contributed by atoms with Crippen molar-refractivity contribution in [2.75, 3.05) is 5.73 Å². The fraction of sp³-hybridized carbons (Fsp3) is 0. The summed E-state index contributed by atoms with van der Waals surface area (Å²) in [5, 5.41) is 0.689. The van der Waals surface area contributed by atoms with Crippen LogP contribution in [0.4, 0.5) is 5.69 Å². The minimum absolute atomic E-state index is 0.00396. The summed E-state index contributed by atoms with van der Waals surface area (Å²) < 4.78 is 6.43. The molecule has 0 aliphatic heterocycles. The highest BCUT2D eigenvalue weighted by atomic mass is 79.9. The number of carbonyl (C=O) groups is 1. The van der Waals surface area contributed by atoms with Crippen LogP contribution in [0.25, 0.3) is 22.1 Å². The minimum atomic E-state index is -0.666. The monoisotopic (exact) mass is 330 g/mol. The van der Waals surface area contributed by atoms with E-state index in [-0.39, 0.29) is 11.4 Å². The van der Waals surface area contributed by atoms with Crippen LogP contribution in [0.15, 0.2) is 51.4 Å². The van der Waals surface area contributed by atoms with Crippen molar-refractivity contribution in [3.63, 3.8) is 0 Å². The molecule has 0 bridgehead atoms. The number of furan rings is 1. The summed E-state index contributed by atoms with van der Waals surface area (Å²) in [6.45, 7) is 0. The van der Waals surface area contributed by atoms with Crippen LogP contribution < -0.4 is 11.5 Å². The molecule has 1 heterocycles. The number of rotatable bonds is 2. The predicted octanol–water partition coefficient (Wildman–Crippen LogP) is 3.54. The molecule has 4 nitrogen and oxygen atoms in total. The summed E-state index contributed by atoms with van der Waals surface area (Å²) in [6, 6.07) is 13.5. The average molecular weight is 331 g/mol. The molecular formula is C15H11BrN2O2. The number of carbonyl (C=O) groups excluding carboxylic acids is 1. The van der Waals surface area contributed by atoms with E-state index < -0.39 is 5.91 Å². The Morgan fingerprint density at radius 3 is 2.60 bits per heavy atom. The Bertz CT molecular complexity index is 824. The van der Waals surface area contributed by atoms with Crippen molar-refractivity contribution in [1.29, 1.82) is 0 Å². The number of halogens is 1. The first-order valence-electron chi connectivity index (χ1n) is 5.94. The quantitative estimate of drug-likeness (QED) is 0.753. The summed E-state index contributed by atoms with van der Waals surface area (Å²) in [7, 11) is 0. The lowest BCUT2D eigenvalue weighted by atomic mass is 10.0. The number of anilines is 1. The van der Waals surface area contributed by atoms with Gasteiger partial charge in [0.15, 0.2) is 0 Å². The van der Waals surface area contributed by atoms with Crippen LogP contribution in [0, 0.1) is 0 Å². The third-order valence-electron chi connectivity index (χ3n) is 3.14. The fourth-order valence-electron chi connectivity index (χ4n) is 2.16. The van der Waals surface area contributed by atoms with Crippen molar-refractivity contribution in [3.05, 3.63) is 52.7 Å². The van der Waals surface area contributed by atoms with E-state index in [1.165, 1.54) is 0 Å². The number of nitrogen functional groups attached to an aromatic ring is 1. The summed E-state index contributed by atoms with van der Waals surface area (Å²) in [4.78, 5) is 11.2. The summed E-state index contributed by atoms with van der Waals surface area (Å²) in [5.74, 6) is -0.662. The van der Waals surface area contributed by atoms with E-state index in [1.54, 1.807) is 0 Å². The van der Waals surface area contributed by atoms with Crippen molar-refractivity contribution in [2.45, 2.75) is 0 Å². The molecule has 0 atom stereocenters. The maximum absolute atomic E-state index is 11.2. The van der Waals surface area contributed by atoms with Gasteiger partial charge >= 0.3 is 0 Å². The van der Waals surface area contributed by atoms with Gasteiger partial charge in [-0.25, -0.2) is 0 Å². The lowest BCUT2D eigenvalue weighted by Gasteiger charge is -2.04. The van der Waals surface area contributed by atoms with Gasteiger partial charge in [-0.1, -0.05) is 40.2 Å². The Hall–Kier alpha value is -2.27. The van der Waals surface area contributed by atoms with Gasteiger partial charge in [0.25, 0.3) is 5.91 Å². The molecule has 0 radical (unpaired) electrons. The van der Waals surface area contributed by atoms with Gasteiger partial charge in [-0.3, -0.25) is 4.79 Å². The van der Waals surface area contributed by atoms with E-state index in [4.69, 9.17) is 15.9 Å². The molecule has 0 aliphatic rings. The summed E-state index contributed by atoms with van der Waals surface area (Å²) >= 11 is 3.51. The molecule has 20 heavy (non-hydrogen) atoms. The third-order valence-corrected chi connectivity index (χ3v) is 3.83. The van der Waals surface area contributed by atoms with Crippen molar-refractivity contribution in [2.24, 2.45) is 5.73 Å². The summed E-state index contributed by atoms with van der Waals surface area (Å²) in [5.41, 5.74) is 13.9. The maximum atomic E-state index is 11.2. The minimum Gasteiger partial charge on any atom is -0.449 e. The largest absolute Gasteiger partial charge is 0.449 e. The number of nitrogens with two attached hydrogens (primary N) is 2. The van der Waals surface area contributed by atoms with Crippen LogP contribution in [0.2, 0.25) is 0 Å². The fourth-order valence-corrected chi connectivity index (χ4v) is 2.68. The van der Waals surface area contributed by atoms with Gasteiger partial charge in [0, 0.05) is 9.86 Å². The highest BCUT2D eigenvalue weighted by molar-refractivity contribution is 9.10. The van der Waals surface area contributed by atoms with Gasteiger partial charge in [0.05, 0.1) is 5.69 Å².